The maximum Gasteiger partial charge on any atom is 0.263 e. The van der Waals surface area contributed by atoms with Crippen molar-refractivity contribution in [2.45, 2.75) is 25.7 Å². The van der Waals surface area contributed by atoms with E-state index in [1.165, 1.54) is 18.9 Å². The number of benzene rings is 1. The molecule has 26 heavy (non-hydrogen) atoms. The molecule has 0 bridgehead atoms. The predicted molar refractivity (Wildman–Crippen MR) is 102 cm³/mol. The molecule has 2 fully saturated rings. The lowest BCUT2D eigenvalue weighted by Crippen LogP contribution is -2.31. The number of fused-ring (bicyclic) bond motifs is 1. The number of aromatic nitrogens is 2. The standard InChI is InChI=1S/C18H23FN4O2.ClH/c19-14-7-13(25-10-12-1-2-12)8-15-16(14)17(24)23-18(22-15)21-9-11-3-5-20-6-4-11;/h7-8,11-12,20H,1-6,9-10H2,(H2,21,22,23,24);1H. The van der Waals surface area contributed by atoms with Crippen molar-refractivity contribution in [2.75, 3.05) is 31.6 Å². The van der Waals surface area contributed by atoms with E-state index in [0.717, 1.165) is 32.5 Å². The van der Waals surface area contributed by atoms with Gasteiger partial charge < -0.3 is 15.4 Å². The average molecular weight is 383 g/mol. The number of H-pyrrole nitrogens is 1. The highest BCUT2D eigenvalue weighted by Gasteiger charge is 2.22. The molecule has 4 rings (SSSR count). The molecule has 0 unspecified atom stereocenters. The van der Waals surface area contributed by atoms with Crippen LogP contribution in [-0.4, -0.2) is 36.2 Å². The summed E-state index contributed by atoms with van der Waals surface area (Å²) in [5.41, 5.74) is -0.147. The molecular weight excluding hydrogens is 359 g/mol. The summed E-state index contributed by atoms with van der Waals surface area (Å²) in [5.74, 6) is 1.34. The number of hydrogen-bond acceptors (Lipinski definition) is 5. The van der Waals surface area contributed by atoms with Gasteiger partial charge in [0.05, 0.1) is 12.1 Å². The fraction of sp³-hybridized carbons (Fsp3) is 0.556. The third kappa shape index (κ3) is 4.45. The van der Waals surface area contributed by atoms with Crippen molar-refractivity contribution in [3.63, 3.8) is 0 Å². The summed E-state index contributed by atoms with van der Waals surface area (Å²) < 4.78 is 19.9. The Balaban J connectivity index is 0.00000196. The lowest BCUT2D eigenvalue weighted by atomic mass is 9.98. The van der Waals surface area contributed by atoms with Gasteiger partial charge in [0, 0.05) is 18.7 Å². The Kier molecular flexibility index (Phi) is 5.98. The van der Waals surface area contributed by atoms with Gasteiger partial charge in [0.1, 0.15) is 17.0 Å². The van der Waals surface area contributed by atoms with Crippen molar-refractivity contribution in [1.82, 2.24) is 15.3 Å². The Morgan fingerprint density at radius 1 is 1.19 bits per heavy atom. The predicted octanol–water partition coefficient (Wildman–Crippen LogP) is 2.68. The number of halogens is 2. The van der Waals surface area contributed by atoms with Crippen LogP contribution in [0.4, 0.5) is 10.3 Å². The molecule has 0 radical (unpaired) electrons. The lowest BCUT2D eigenvalue weighted by Gasteiger charge is -2.22. The average Bonchev–Trinajstić information content (AvgIpc) is 3.43. The molecule has 2 aromatic rings. The number of piperidine rings is 1. The highest BCUT2D eigenvalue weighted by Crippen LogP contribution is 2.30. The summed E-state index contributed by atoms with van der Waals surface area (Å²) in [5, 5.41) is 6.49. The van der Waals surface area contributed by atoms with E-state index in [-0.39, 0.29) is 17.8 Å². The van der Waals surface area contributed by atoms with E-state index in [2.05, 4.69) is 20.6 Å². The van der Waals surface area contributed by atoms with Crippen LogP contribution >= 0.6 is 12.4 Å². The SMILES string of the molecule is Cl.O=c1[nH]c(NCC2CCNCC2)nc2cc(OCC3CC3)cc(F)c12. The monoisotopic (exact) mass is 382 g/mol. The minimum absolute atomic E-state index is 0. The maximum absolute atomic E-state index is 14.3. The van der Waals surface area contributed by atoms with Gasteiger partial charge in [-0.25, -0.2) is 9.37 Å². The van der Waals surface area contributed by atoms with Crippen LogP contribution in [0.15, 0.2) is 16.9 Å². The molecular formula is C18H24ClFN4O2. The summed E-state index contributed by atoms with van der Waals surface area (Å²) in [6.45, 7) is 3.37. The fourth-order valence-corrected chi connectivity index (χ4v) is 3.19. The first-order valence-electron chi connectivity index (χ1n) is 9.00. The van der Waals surface area contributed by atoms with Crippen LogP contribution in [0.25, 0.3) is 10.9 Å². The summed E-state index contributed by atoms with van der Waals surface area (Å²) in [4.78, 5) is 19.3. The van der Waals surface area contributed by atoms with Gasteiger partial charge in [-0.1, -0.05) is 0 Å². The second-order valence-electron chi connectivity index (χ2n) is 7.04. The van der Waals surface area contributed by atoms with Crippen LogP contribution in [0.2, 0.25) is 0 Å². The smallest absolute Gasteiger partial charge is 0.263 e. The first-order valence-corrected chi connectivity index (χ1v) is 9.00. The largest absolute Gasteiger partial charge is 0.493 e. The first-order chi connectivity index (χ1) is 12.2. The second kappa shape index (κ2) is 8.22. The Morgan fingerprint density at radius 3 is 2.69 bits per heavy atom. The Hall–Kier alpha value is -1.86. The highest BCUT2D eigenvalue weighted by atomic mass is 35.5. The van der Waals surface area contributed by atoms with Gasteiger partial charge in [-0.2, -0.15) is 0 Å². The molecule has 1 aliphatic carbocycles. The van der Waals surface area contributed by atoms with Crippen molar-refractivity contribution in [3.05, 3.63) is 28.3 Å². The second-order valence-corrected chi connectivity index (χ2v) is 7.04. The van der Waals surface area contributed by atoms with Crippen molar-refractivity contribution >= 4 is 29.3 Å². The van der Waals surface area contributed by atoms with Gasteiger partial charge in [-0.3, -0.25) is 9.78 Å². The molecule has 1 saturated heterocycles. The van der Waals surface area contributed by atoms with Crippen LogP contribution < -0.4 is 20.9 Å². The van der Waals surface area contributed by atoms with Crippen LogP contribution in [0.5, 0.6) is 5.75 Å². The van der Waals surface area contributed by atoms with Crippen molar-refractivity contribution in [2.24, 2.45) is 11.8 Å². The quantitative estimate of drug-likeness (QED) is 0.715. The molecule has 2 aliphatic rings. The molecule has 1 aliphatic heterocycles. The summed E-state index contributed by atoms with van der Waals surface area (Å²) in [6.07, 6.45) is 4.52. The molecule has 1 aromatic carbocycles. The van der Waals surface area contributed by atoms with E-state index in [1.54, 1.807) is 6.07 Å². The van der Waals surface area contributed by atoms with E-state index in [0.29, 0.717) is 35.7 Å². The number of nitrogens with zero attached hydrogens (tertiary/aromatic N) is 1. The minimum Gasteiger partial charge on any atom is -0.493 e. The summed E-state index contributed by atoms with van der Waals surface area (Å²) in [6, 6.07) is 2.91. The summed E-state index contributed by atoms with van der Waals surface area (Å²) >= 11 is 0. The van der Waals surface area contributed by atoms with Crippen LogP contribution in [0, 0.1) is 17.7 Å². The molecule has 2 heterocycles. The number of anilines is 1. The molecule has 6 nitrogen and oxygen atoms in total. The van der Waals surface area contributed by atoms with E-state index in [1.807, 2.05) is 0 Å². The topological polar surface area (TPSA) is 79.0 Å². The van der Waals surface area contributed by atoms with Crippen LogP contribution in [0.1, 0.15) is 25.7 Å². The van der Waals surface area contributed by atoms with Gasteiger partial charge in [0.2, 0.25) is 5.95 Å². The van der Waals surface area contributed by atoms with Gasteiger partial charge in [0.15, 0.2) is 0 Å². The molecule has 8 heteroatoms. The van der Waals surface area contributed by atoms with E-state index in [9.17, 15) is 9.18 Å². The number of ether oxygens (including phenoxy) is 1. The van der Waals surface area contributed by atoms with E-state index >= 15 is 0 Å². The number of rotatable bonds is 6. The molecule has 142 valence electrons. The highest BCUT2D eigenvalue weighted by molar-refractivity contribution is 5.85. The molecule has 0 amide bonds. The third-order valence-corrected chi connectivity index (χ3v) is 4.93. The number of aromatic amines is 1. The van der Waals surface area contributed by atoms with Crippen molar-refractivity contribution in [3.8, 4) is 5.75 Å². The van der Waals surface area contributed by atoms with Gasteiger partial charge in [-0.05, 0) is 50.6 Å². The zero-order chi connectivity index (χ0) is 17.2. The lowest BCUT2D eigenvalue weighted by molar-refractivity contribution is 0.299. The Bertz CT molecular complexity index is 819. The normalized spacial score (nSPS) is 17.7. The fourth-order valence-electron chi connectivity index (χ4n) is 3.19. The molecule has 3 N–H and O–H groups in total. The first kappa shape index (κ1) is 18.9. The van der Waals surface area contributed by atoms with Crippen LogP contribution in [-0.2, 0) is 0 Å². The molecule has 0 atom stereocenters. The zero-order valence-electron chi connectivity index (χ0n) is 14.5. The van der Waals surface area contributed by atoms with Crippen molar-refractivity contribution < 1.29 is 9.13 Å². The third-order valence-electron chi connectivity index (χ3n) is 4.93. The number of nitrogens with one attached hydrogen (secondary N) is 3. The van der Waals surface area contributed by atoms with E-state index < -0.39 is 11.4 Å². The van der Waals surface area contributed by atoms with Crippen molar-refractivity contribution in [1.29, 1.82) is 0 Å². The van der Waals surface area contributed by atoms with Gasteiger partial charge in [0.25, 0.3) is 5.56 Å². The molecule has 1 saturated carbocycles. The van der Waals surface area contributed by atoms with Crippen LogP contribution in [0.3, 0.4) is 0 Å². The molecule has 1 aromatic heterocycles. The Morgan fingerprint density at radius 2 is 1.96 bits per heavy atom. The summed E-state index contributed by atoms with van der Waals surface area (Å²) in [7, 11) is 0. The zero-order valence-corrected chi connectivity index (χ0v) is 15.3. The van der Waals surface area contributed by atoms with Gasteiger partial charge >= 0.3 is 0 Å². The molecule has 0 spiro atoms. The van der Waals surface area contributed by atoms with Gasteiger partial charge in [-0.15, -0.1) is 12.4 Å². The minimum atomic E-state index is -0.595. The maximum atomic E-state index is 14.3. The van der Waals surface area contributed by atoms with E-state index in [4.69, 9.17) is 4.74 Å². The Labute approximate surface area is 157 Å². The number of hydrogen-bond donors (Lipinski definition) is 3.